The molecule has 1 rings (SSSR count). The molecule has 7 N–H and O–H groups in total. The summed E-state index contributed by atoms with van der Waals surface area (Å²) in [5, 5.41) is 42.9. The Hall–Kier alpha value is -0.0900. The minimum absolute atomic E-state index is 1.33. The van der Waals surface area contributed by atoms with Crippen LogP contribution in [-0.4, -0.2) is 71.9 Å². The molecule has 0 aromatic heterocycles. The van der Waals surface area contributed by atoms with Crippen molar-refractivity contribution in [2.45, 2.75) is 29.9 Å². The maximum atomic E-state index is 11.1. The summed E-state index contributed by atoms with van der Waals surface area (Å²) in [4.78, 5) is 17.9. The van der Waals surface area contributed by atoms with E-state index in [1.807, 2.05) is 0 Å². The lowest BCUT2D eigenvalue weighted by atomic mass is 9.99. The minimum atomic E-state index is -5.18. The zero-order valence-corrected chi connectivity index (χ0v) is 8.81. The summed E-state index contributed by atoms with van der Waals surface area (Å²) < 4.78 is 15.5. The number of rotatable bonds is 2. The highest BCUT2D eigenvalue weighted by atomic mass is 31.2. The second-order valence-electron chi connectivity index (χ2n) is 3.48. The smallest absolute Gasteiger partial charge is 0.362 e. The molecule has 0 spiro atoms. The molecule has 0 saturated carbocycles. The number of hydrogen-bond donors (Lipinski definition) is 7. The quantitative estimate of drug-likeness (QED) is 0.247. The molecule has 1 saturated heterocycles. The van der Waals surface area contributed by atoms with E-state index in [1.54, 1.807) is 0 Å². The predicted molar refractivity (Wildman–Crippen MR) is 47.0 cm³/mol. The topological polar surface area (TPSA) is 168 Å². The molecular formula is C6H13O9P. The van der Waals surface area contributed by atoms with E-state index < -0.39 is 44.1 Å². The van der Waals surface area contributed by atoms with Crippen molar-refractivity contribution in [2.75, 3.05) is 6.61 Å². The second kappa shape index (κ2) is 4.30. The predicted octanol–water partition coefficient (Wildman–Crippen LogP) is -3.72. The van der Waals surface area contributed by atoms with Gasteiger partial charge in [-0.25, -0.2) is 0 Å². The Morgan fingerprint density at radius 2 is 1.62 bits per heavy atom. The van der Waals surface area contributed by atoms with Gasteiger partial charge in [-0.2, -0.15) is 0 Å². The van der Waals surface area contributed by atoms with Crippen molar-refractivity contribution >= 4 is 7.60 Å². The maximum Gasteiger partial charge on any atom is 0.362 e. The van der Waals surface area contributed by atoms with Gasteiger partial charge < -0.3 is 40.1 Å². The first-order chi connectivity index (χ1) is 7.17. The summed E-state index contributed by atoms with van der Waals surface area (Å²) in [5.74, 6) is 0. The Balaban J connectivity index is 3.16. The molecule has 0 aromatic carbocycles. The van der Waals surface area contributed by atoms with Crippen molar-refractivity contribution in [3.63, 3.8) is 0 Å². The maximum absolute atomic E-state index is 11.1. The van der Waals surface area contributed by atoms with E-state index in [-0.39, 0.29) is 0 Å². The van der Waals surface area contributed by atoms with Gasteiger partial charge >= 0.3 is 7.60 Å². The first kappa shape index (κ1) is 14.0. The van der Waals surface area contributed by atoms with Gasteiger partial charge in [0.1, 0.15) is 18.3 Å². The number of ether oxygens (including phenoxy) is 1. The Labute approximate surface area is 89.7 Å². The molecule has 1 fully saturated rings. The summed E-state index contributed by atoms with van der Waals surface area (Å²) in [7, 11) is -5.18. The van der Waals surface area contributed by atoms with Crippen molar-refractivity contribution in [3.05, 3.63) is 0 Å². The lowest BCUT2D eigenvalue weighted by molar-refractivity contribution is -0.305. The fourth-order valence-corrected chi connectivity index (χ4v) is 2.36. The van der Waals surface area contributed by atoms with Gasteiger partial charge in [0.2, 0.25) is 5.34 Å². The van der Waals surface area contributed by atoms with Crippen LogP contribution in [0, 0.1) is 0 Å². The van der Waals surface area contributed by atoms with Gasteiger partial charge in [-0.1, -0.05) is 0 Å². The summed E-state index contributed by atoms with van der Waals surface area (Å²) >= 11 is 0. The third-order valence-electron chi connectivity index (χ3n) is 2.47. The average molecular weight is 260 g/mol. The lowest BCUT2D eigenvalue weighted by Gasteiger charge is -2.45. The van der Waals surface area contributed by atoms with Crippen LogP contribution in [0.25, 0.3) is 0 Å². The van der Waals surface area contributed by atoms with Crippen LogP contribution in [0.3, 0.4) is 0 Å². The van der Waals surface area contributed by atoms with E-state index in [2.05, 4.69) is 4.74 Å². The number of aliphatic hydroxyl groups excluding tert-OH is 5. The minimum Gasteiger partial charge on any atom is -0.393 e. The molecule has 0 bridgehead atoms. The van der Waals surface area contributed by atoms with Gasteiger partial charge in [-0.05, 0) is 0 Å². The highest BCUT2D eigenvalue weighted by Gasteiger charge is 2.62. The highest BCUT2D eigenvalue weighted by molar-refractivity contribution is 7.53. The Bertz CT molecular complexity index is 302. The van der Waals surface area contributed by atoms with Crippen LogP contribution in [0.2, 0.25) is 0 Å². The van der Waals surface area contributed by atoms with E-state index in [1.165, 1.54) is 0 Å². The van der Waals surface area contributed by atoms with E-state index in [0.717, 1.165) is 0 Å². The SMILES string of the molecule is O=P(O)(O)[C@@]1(CO)OC(O)[C@H](O)[C@H](O)[C@@H]1O. The zero-order valence-electron chi connectivity index (χ0n) is 7.91. The molecular weight excluding hydrogens is 247 g/mol. The highest BCUT2D eigenvalue weighted by Crippen LogP contribution is 2.55. The fraction of sp³-hybridized carbons (Fsp3) is 1.00. The van der Waals surface area contributed by atoms with Gasteiger partial charge in [0, 0.05) is 0 Å². The molecule has 96 valence electrons. The van der Waals surface area contributed by atoms with Crippen molar-refractivity contribution < 1.29 is 44.6 Å². The largest absolute Gasteiger partial charge is 0.393 e. The van der Waals surface area contributed by atoms with E-state index in [9.17, 15) is 14.8 Å². The molecule has 0 amide bonds. The van der Waals surface area contributed by atoms with E-state index in [0.29, 0.717) is 0 Å². The van der Waals surface area contributed by atoms with E-state index in [4.69, 9.17) is 25.1 Å². The molecule has 5 atom stereocenters. The van der Waals surface area contributed by atoms with Gasteiger partial charge in [-0.3, -0.25) is 4.57 Å². The second-order valence-corrected chi connectivity index (χ2v) is 5.33. The van der Waals surface area contributed by atoms with Gasteiger partial charge in [0.25, 0.3) is 0 Å². The molecule has 10 heteroatoms. The molecule has 1 aliphatic rings. The number of hydrogen-bond acceptors (Lipinski definition) is 7. The summed E-state index contributed by atoms with van der Waals surface area (Å²) in [5.41, 5.74) is 0. The Morgan fingerprint density at radius 1 is 1.12 bits per heavy atom. The summed E-state index contributed by atoms with van der Waals surface area (Å²) in [6.45, 7) is -1.33. The van der Waals surface area contributed by atoms with Crippen molar-refractivity contribution in [1.29, 1.82) is 0 Å². The average Bonchev–Trinajstić information content (AvgIpc) is 2.18. The standard InChI is InChI=1S/C6H13O9P/c7-1-6(16(12,13)14)4(10)2(8)3(9)5(11)15-6/h2-5,7-11H,1H2,(H2,12,13,14)/t2-,3+,4-,5?,6+/m0/s1. The molecule has 16 heavy (non-hydrogen) atoms. The van der Waals surface area contributed by atoms with Crippen molar-refractivity contribution in [1.82, 2.24) is 0 Å². The molecule has 0 radical (unpaired) electrons. The molecule has 1 aliphatic heterocycles. The van der Waals surface area contributed by atoms with Crippen LogP contribution in [0.1, 0.15) is 0 Å². The van der Waals surface area contributed by atoms with Crippen molar-refractivity contribution in [3.8, 4) is 0 Å². The third kappa shape index (κ3) is 1.90. The fourth-order valence-electron chi connectivity index (χ4n) is 1.43. The van der Waals surface area contributed by atoms with Gasteiger partial charge in [-0.15, -0.1) is 0 Å². The molecule has 0 aromatic rings. The van der Waals surface area contributed by atoms with Crippen LogP contribution >= 0.6 is 7.60 Å². The normalized spacial score (nSPS) is 45.7. The molecule has 9 nitrogen and oxygen atoms in total. The van der Waals surface area contributed by atoms with E-state index >= 15 is 0 Å². The van der Waals surface area contributed by atoms with Crippen LogP contribution < -0.4 is 0 Å². The van der Waals surface area contributed by atoms with Gasteiger partial charge in [0.05, 0.1) is 6.61 Å². The Morgan fingerprint density at radius 3 is 2.00 bits per heavy atom. The summed E-state index contributed by atoms with van der Waals surface area (Å²) in [6, 6.07) is 0. The number of aliphatic hydroxyl groups is 5. The first-order valence-corrected chi connectivity index (χ1v) is 5.85. The third-order valence-corrected chi connectivity index (χ3v) is 3.97. The molecule has 1 heterocycles. The van der Waals surface area contributed by atoms with Crippen LogP contribution in [0.15, 0.2) is 0 Å². The van der Waals surface area contributed by atoms with Crippen LogP contribution in [0.4, 0.5) is 0 Å². The summed E-state index contributed by atoms with van der Waals surface area (Å²) in [6.07, 6.45) is -8.35. The monoisotopic (exact) mass is 260 g/mol. The van der Waals surface area contributed by atoms with Crippen LogP contribution in [-0.2, 0) is 9.30 Å². The van der Waals surface area contributed by atoms with Gasteiger partial charge in [0.15, 0.2) is 6.29 Å². The van der Waals surface area contributed by atoms with Crippen LogP contribution in [0.5, 0.6) is 0 Å². The van der Waals surface area contributed by atoms with Crippen molar-refractivity contribution in [2.24, 2.45) is 0 Å². The lowest BCUT2D eigenvalue weighted by Crippen LogP contribution is -2.65. The first-order valence-electron chi connectivity index (χ1n) is 4.24. The molecule has 0 aliphatic carbocycles. The molecule has 1 unspecified atom stereocenters. The zero-order chi connectivity index (χ0) is 12.7. The Kier molecular flexibility index (Phi) is 3.75.